The van der Waals surface area contributed by atoms with E-state index in [1.165, 1.54) is 31.2 Å². The third-order valence-corrected chi connectivity index (χ3v) is 5.45. The van der Waals surface area contributed by atoms with Crippen molar-refractivity contribution in [2.24, 2.45) is 5.41 Å². The monoisotopic (exact) mass is 331 g/mol. The zero-order valence-corrected chi connectivity index (χ0v) is 15.4. The Labute approximate surface area is 147 Å². The summed E-state index contributed by atoms with van der Waals surface area (Å²) < 4.78 is 12.4. The molecule has 1 saturated carbocycles. The average molecular weight is 332 g/mol. The highest BCUT2D eigenvalue weighted by molar-refractivity contribution is 5.14. The van der Waals surface area contributed by atoms with Gasteiger partial charge in [0.1, 0.15) is 0 Å². The predicted molar refractivity (Wildman–Crippen MR) is 98.1 cm³/mol. The van der Waals surface area contributed by atoms with Gasteiger partial charge in [-0.25, -0.2) is 0 Å². The van der Waals surface area contributed by atoms with Crippen molar-refractivity contribution in [3.63, 3.8) is 0 Å². The Morgan fingerprint density at radius 1 is 1.21 bits per heavy atom. The van der Waals surface area contributed by atoms with E-state index in [0.717, 1.165) is 39.1 Å². The van der Waals surface area contributed by atoms with E-state index in [1.54, 1.807) is 0 Å². The second-order valence-electron chi connectivity index (χ2n) is 8.42. The first kappa shape index (κ1) is 17.9. The van der Waals surface area contributed by atoms with Crippen molar-refractivity contribution in [2.45, 2.75) is 70.6 Å². The van der Waals surface area contributed by atoms with Crippen molar-refractivity contribution in [1.82, 2.24) is 5.32 Å². The van der Waals surface area contributed by atoms with Crippen LogP contribution >= 0.6 is 0 Å². The summed E-state index contributed by atoms with van der Waals surface area (Å²) >= 11 is 0. The van der Waals surface area contributed by atoms with E-state index in [-0.39, 0.29) is 11.0 Å². The summed E-state index contributed by atoms with van der Waals surface area (Å²) in [7, 11) is 0. The van der Waals surface area contributed by atoms with Crippen LogP contribution in [0.15, 0.2) is 30.3 Å². The molecule has 2 aliphatic rings. The van der Waals surface area contributed by atoms with Crippen LogP contribution in [0.25, 0.3) is 0 Å². The van der Waals surface area contributed by atoms with Crippen LogP contribution in [0.2, 0.25) is 0 Å². The molecule has 1 aliphatic heterocycles. The molecule has 1 heterocycles. The minimum absolute atomic E-state index is 0.149. The van der Waals surface area contributed by atoms with Gasteiger partial charge < -0.3 is 14.8 Å². The lowest BCUT2D eigenvalue weighted by Gasteiger charge is -2.39. The zero-order chi connectivity index (χ0) is 16.9. The maximum atomic E-state index is 6.32. The van der Waals surface area contributed by atoms with Gasteiger partial charge in [0.2, 0.25) is 0 Å². The van der Waals surface area contributed by atoms with Crippen LogP contribution in [0, 0.1) is 5.41 Å². The summed E-state index contributed by atoms with van der Waals surface area (Å²) in [5, 5.41) is 3.57. The molecular weight excluding hydrogens is 298 g/mol. The predicted octanol–water partition coefficient (Wildman–Crippen LogP) is 4.31. The lowest BCUT2D eigenvalue weighted by atomic mass is 9.89. The molecule has 1 saturated heterocycles. The fourth-order valence-electron chi connectivity index (χ4n) is 4.03. The Balaban J connectivity index is 1.39. The van der Waals surface area contributed by atoms with Crippen molar-refractivity contribution in [2.75, 3.05) is 19.8 Å². The van der Waals surface area contributed by atoms with E-state index in [1.807, 2.05) is 0 Å². The molecule has 1 spiro atoms. The highest BCUT2D eigenvalue weighted by Crippen LogP contribution is 2.40. The van der Waals surface area contributed by atoms with Crippen LogP contribution in [0.5, 0.6) is 0 Å². The second-order valence-corrected chi connectivity index (χ2v) is 8.42. The second kappa shape index (κ2) is 7.99. The van der Waals surface area contributed by atoms with Crippen molar-refractivity contribution >= 4 is 0 Å². The molecule has 0 aromatic heterocycles. The zero-order valence-electron chi connectivity index (χ0n) is 15.4. The molecule has 3 heteroatoms. The number of hydrogen-bond donors (Lipinski definition) is 1. The molecule has 1 atom stereocenters. The summed E-state index contributed by atoms with van der Waals surface area (Å²) in [6.07, 6.45) is 7.63. The molecule has 24 heavy (non-hydrogen) atoms. The summed E-state index contributed by atoms with van der Waals surface area (Å²) in [6, 6.07) is 10.6. The summed E-state index contributed by atoms with van der Waals surface area (Å²) in [6.45, 7) is 8.15. The van der Waals surface area contributed by atoms with E-state index in [9.17, 15) is 0 Å². The first-order valence-corrected chi connectivity index (χ1v) is 9.57. The molecule has 1 unspecified atom stereocenters. The van der Waals surface area contributed by atoms with Crippen LogP contribution in [-0.4, -0.2) is 31.5 Å². The molecule has 134 valence electrons. The van der Waals surface area contributed by atoms with Gasteiger partial charge in [-0.3, -0.25) is 0 Å². The third kappa shape index (κ3) is 5.05. The number of ether oxygens (including phenoxy) is 2. The van der Waals surface area contributed by atoms with Gasteiger partial charge in [0.25, 0.3) is 0 Å². The van der Waals surface area contributed by atoms with Crippen LogP contribution < -0.4 is 5.32 Å². The number of rotatable bonds is 7. The molecule has 3 nitrogen and oxygen atoms in total. The Morgan fingerprint density at radius 2 is 1.96 bits per heavy atom. The standard InChI is InChI=1S/C21H33NO2/c1-20(2,16-22-15-18-8-4-3-5-9-18)17-23-19-10-13-24-21(14-19)11-6-7-12-21/h3-5,8-9,19,22H,6-7,10-17H2,1-2H3. The maximum Gasteiger partial charge on any atom is 0.0707 e. The molecule has 2 fully saturated rings. The van der Waals surface area contributed by atoms with Crippen molar-refractivity contribution in [3.05, 3.63) is 35.9 Å². The fourth-order valence-corrected chi connectivity index (χ4v) is 4.03. The summed E-state index contributed by atoms with van der Waals surface area (Å²) in [5.41, 5.74) is 1.64. The molecule has 1 aromatic rings. The first-order valence-electron chi connectivity index (χ1n) is 9.57. The topological polar surface area (TPSA) is 30.5 Å². The lowest BCUT2D eigenvalue weighted by Crippen LogP contribution is -2.42. The van der Waals surface area contributed by atoms with Crippen LogP contribution in [0.1, 0.15) is 57.9 Å². The van der Waals surface area contributed by atoms with Crippen LogP contribution in [0.4, 0.5) is 0 Å². The number of nitrogens with one attached hydrogen (secondary N) is 1. The molecule has 1 aromatic carbocycles. The number of hydrogen-bond acceptors (Lipinski definition) is 3. The smallest absolute Gasteiger partial charge is 0.0707 e. The molecule has 1 aliphatic carbocycles. The van der Waals surface area contributed by atoms with Gasteiger partial charge in [0, 0.05) is 31.5 Å². The van der Waals surface area contributed by atoms with E-state index in [0.29, 0.717) is 6.10 Å². The van der Waals surface area contributed by atoms with E-state index in [4.69, 9.17) is 9.47 Å². The summed E-state index contributed by atoms with van der Waals surface area (Å²) in [4.78, 5) is 0. The lowest BCUT2D eigenvalue weighted by molar-refractivity contribution is -0.138. The van der Waals surface area contributed by atoms with Crippen LogP contribution in [-0.2, 0) is 16.0 Å². The van der Waals surface area contributed by atoms with Crippen molar-refractivity contribution in [3.8, 4) is 0 Å². The summed E-state index contributed by atoms with van der Waals surface area (Å²) in [5.74, 6) is 0. The Bertz CT molecular complexity index is 494. The van der Waals surface area contributed by atoms with Gasteiger partial charge in [-0.05, 0) is 24.8 Å². The Morgan fingerprint density at radius 3 is 2.71 bits per heavy atom. The van der Waals surface area contributed by atoms with Crippen molar-refractivity contribution < 1.29 is 9.47 Å². The fraction of sp³-hybridized carbons (Fsp3) is 0.714. The molecule has 3 rings (SSSR count). The first-order chi connectivity index (χ1) is 11.6. The third-order valence-electron chi connectivity index (χ3n) is 5.45. The average Bonchev–Trinajstić information content (AvgIpc) is 3.02. The molecule has 0 radical (unpaired) electrons. The van der Waals surface area contributed by atoms with Crippen molar-refractivity contribution in [1.29, 1.82) is 0 Å². The van der Waals surface area contributed by atoms with Gasteiger partial charge in [-0.1, -0.05) is 57.0 Å². The molecule has 0 amide bonds. The van der Waals surface area contributed by atoms with E-state index >= 15 is 0 Å². The minimum atomic E-state index is 0.149. The Hall–Kier alpha value is -0.900. The highest BCUT2D eigenvalue weighted by atomic mass is 16.5. The normalized spacial score (nSPS) is 23.7. The van der Waals surface area contributed by atoms with Gasteiger partial charge >= 0.3 is 0 Å². The molecular formula is C21H33NO2. The van der Waals surface area contributed by atoms with E-state index < -0.39 is 0 Å². The number of benzene rings is 1. The van der Waals surface area contributed by atoms with E-state index in [2.05, 4.69) is 49.5 Å². The SMILES string of the molecule is CC(C)(CNCc1ccccc1)COC1CCOC2(CCCC2)C1. The quantitative estimate of drug-likeness (QED) is 0.807. The van der Waals surface area contributed by atoms with Gasteiger partial charge in [-0.2, -0.15) is 0 Å². The minimum Gasteiger partial charge on any atom is -0.377 e. The molecule has 0 bridgehead atoms. The van der Waals surface area contributed by atoms with Gasteiger partial charge in [0.15, 0.2) is 0 Å². The van der Waals surface area contributed by atoms with Gasteiger partial charge in [0.05, 0.1) is 18.3 Å². The highest BCUT2D eigenvalue weighted by Gasteiger charge is 2.40. The Kier molecular flexibility index (Phi) is 5.96. The van der Waals surface area contributed by atoms with Crippen LogP contribution in [0.3, 0.4) is 0 Å². The maximum absolute atomic E-state index is 6.32. The van der Waals surface area contributed by atoms with Gasteiger partial charge in [-0.15, -0.1) is 0 Å². The largest absolute Gasteiger partial charge is 0.377 e. The molecule has 1 N–H and O–H groups in total.